The predicted molar refractivity (Wildman–Crippen MR) is 233 cm³/mol. The molecule has 2 bridgehead atoms. The molecule has 59 heavy (non-hydrogen) atoms. The molecule has 4 N–H and O–H groups in total. The van der Waals surface area contributed by atoms with E-state index in [1.54, 1.807) is 23.6 Å². The summed E-state index contributed by atoms with van der Waals surface area (Å²) < 4.78 is 4.70. The van der Waals surface area contributed by atoms with Crippen molar-refractivity contribution in [1.82, 2.24) is 35.8 Å². The molecular weight excluding hydrogens is 741 g/mol. The van der Waals surface area contributed by atoms with Crippen LogP contribution in [0.25, 0.3) is 28.1 Å². The zero-order chi connectivity index (χ0) is 41.9. The second-order valence-electron chi connectivity index (χ2n) is 16.6. The smallest absolute Gasteiger partial charge is 0.407 e. The number of carbonyl (C=O) groups excluding carboxylic acids is 3. The zero-order valence-corrected chi connectivity index (χ0v) is 35.2. The fourth-order valence-corrected chi connectivity index (χ4v) is 8.72. The van der Waals surface area contributed by atoms with Crippen molar-refractivity contribution in [2.75, 3.05) is 20.7 Å². The summed E-state index contributed by atoms with van der Waals surface area (Å²) in [5.74, 6) is 2.17. The van der Waals surface area contributed by atoms with E-state index in [0.29, 0.717) is 18.4 Å². The van der Waals surface area contributed by atoms with Crippen molar-refractivity contribution in [2.24, 2.45) is 34.6 Å². The lowest BCUT2D eigenvalue weighted by molar-refractivity contribution is -0.134. The third-order valence-corrected chi connectivity index (χ3v) is 12.0. The van der Waals surface area contributed by atoms with Gasteiger partial charge in [0.15, 0.2) is 0 Å². The second-order valence-corrected chi connectivity index (χ2v) is 16.6. The van der Waals surface area contributed by atoms with E-state index in [1.165, 1.54) is 26.4 Å². The zero-order valence-electron chi connectivity index (χ0n) is 35.2. The first-order chi connectivity index (χ1) is 28.6. The lowest BCUT2D eigenvalue weighted by Crippen LogP contribution is -2.52. The van der Waals surface area contributed by atoms with Gasteiger partial charge in [-0.3, -0.25) is 19.6 Å². The fourth-order valence-electron chi connectivity index (χ4n) is 8.72. The van der Waals surface area contributed by atoms with E-state index in [4.69, 9.17) is 4.74 Å². The molecule has 3 fully saturated rings. The van der Waals surface area contributed by atoms with Gasteiger partial charge in [-0.1, -0.05) is 88.7 Å². The number of ether oxygens (including phenoxy) is 1. The molecule has 0 radical (unpaired) electrons. The molecule has 12 nitrogen and oxygen atoms in total. The first kappa shape index (κ1) is 42.8. The Hall–Kier alpha value is -5.78. The maximum atomic E-state index is 13.2. The van der Waals surface area contributed by atoms with Gasteiger partial charge in [-0.05, 0) is 89.7 Å². The van der Waals surface area contributed by atoms with E-state index < -0.39 is 12.1 Å². The van der Waals surface area contributed by atoms with Gasteiger partial charge in [0.05, 0.1) is 49.3 Å². The van der Waals surface area contributed by atoms with Crippen LogP contribution in [0.5, 0.6) is 0 Å². The number of nitrogens with one attached hydrogen (secondary N) is 4. The highest BCUT2D eigenvalue weighted by Gasteiger charge is 2.43. The van der Waals surface area contributed by atoms with Crippen molar-refractivity contribution < 1.29 is 19.1 Å². The molecule has 312 valence electrons. The van der Waals surface area contributed by atoms with Crippen LogP contribution in [-0.4, -0.2) is 76.8 Å². The minimum Gasteiger partial charge on any atom is -0.453 e. The molecule has 2 saturated carbocycles. The van der Waals surface area contributed by atoms with Crippen LogP contribution in [0.3, 0.4) is 0 Å². The number of aromatic nitrogens is 3. The van der Waals surface area contributed by atoms with Crippen LogP contribution in [0.1, 0.15) is 83.4 Å². The summed E-state index contributed by atoms with van der Waals surface area (Å²) in [7, 11) is 3.16. The van der Waals surface area contributed by atoms with Crippen LogP contribution in [0.4, 0.5) is 4.79 Å². The predicted octanol–water partition coefficient (Wildman–Crippen LogP) is 8.04. The number of alkyl carbamates (subject to hydrolysis) is 1. The number of imidazole rings is 1. The monoisotopic (exact) mass is 800 g/mol. The summed E-state index contributed by atoms with van der Waals surface area (Å²) in [5, 5.41) is 9.17. The Kier molecular flexibility index (Phi) is 14.7. The quantitative estimate of drug-likeness (QED) is 0.0999. The average Bonchev–Trinajstić information content (AvgIpc) is 4.11. The lowest BCUT2D eigenvalue weighted by Gasteiger charge is -2.29. The first-order valence-corrected chi connectivity index (χ1v) is 21.0. The Morgan fingerprint density at radius 1 is 0.881 bits per heavy atom. The molecule has 3 amide bonds. The molecule has 7 rings (SSSR count). The van der Waals surface area contributed by atoms with Gasteiger partial charge in [-0.25, -0.2) is 9.78 Å². The number of aromatic amines is 1. The van der Waals surface area contributed by atoms with Crippen LogP contribution >= 0.6 is 0 Å². The number of H-pyrrole nitrogens is 1. The van der Waals surface area contributed by atoms with Crippen molar-refractivity contribution >= 4 is 29.8 Å². The average molecular weight is 801 g/mol. The summed E-state index contributed by atoms with van der Waals surface area (Å²) >= 11 is 0. The van der Waals surface area contributed by atoms with Gasteiger partial charge < -0.3 is 30.6 Å². The standard InChI is InChI=1S/C30H36N6O3.C17H24N2O/c1-20(2)28(35-30(38)39-4)29(37)36-15-5-6-25(36)16-32-17-26(31-3)23-11-7-21(8-12-23)22-9-13-24(14-10-22)27-18-33-19-34-27;1-11(2)16(14-4-3-7-18-10-14)19-17(20)15-9-12-5-6-13(15)8-12/h7-14,16-20,25,28,31H,5-6,15H2,1-4H3,(H,33,34)(H,35,38);3-4,7,10-13,15-16H,5-6,8-9H2,1-2H3,(H,19,20)/b26-17-,32-16?;. The third kappa shape index (κ3) is 10.8. The number of amides is 3. The van der Waals surface area contributed by atoms with Gasteiger partial charge >= 0.3 is 6.09 Å². The highest BCUT2D eigenvalue weighted by molar-refractivity contribution is 5.89. The highest BCUT2D eigenvalue weighted by atomic mass is 16.5. The van der Waals surface area contributed by atoms with Crippen LogP contribution in [0, 0.1) is 29.6 Å². The number of hydrogen-bond acceptors (Lipinski definition) is 8. The molecule has 0 spiro atoms. The number of pyridine rings is 1. The fraction of sp³-hybridized carbons (Fsp3) is 0.447. The summed E-state index contributed by atoms with van der Waals surface area (Å²) in [6.07, 6.45) is 16.8. The SMILES string of the molecule is CC(C)C(NC(=O)C1CC2CCC1C2)c1cccnc1.CN/C(=C\N=CC1CCCN1C(=O)C(NC(=O)OC)C(C)C)c1ccc(-c2ccc(-c3cnc[nH]3)cc2)cc1. The Bertz CT molecular complexity index is 2030. The lowest BCUT2D eigenvalue weighted by atomic mass is 9.87. The Morgan fingerprint density at radius 3 is 2.19 bits per heavy atom. The molecule has 2 aromatic carbocycles. The van der Waals surface area contributed by atoms with Gasteiger partial charge in [0, 0.05) is 38.1 Å². The van der Waals surface area contributed by atoms with E-state index in [1.807, 2.05) is 45.6 Å². The van der Waals surface area contributed by atoms with Crippen LogP contribution in [0.2, 0.25) is 0 Å². The number of aliphatic imine (C=N–C) groups is 1. The number of benzene rings is 2. The summed E-state index contributed by atoms with van der Waals surface area (Å²) in [6.45, 7) is 8.74. The van der Waals surface area contributed by atoms with Gasteiger partial charge in [0.1, 0.15) is 6.04 Å². The maximum absolute atomic E-state index is 13.2. The number of rotatable bonds is 13. The van der Waals surface area contributed by atoms with E-state index in [9.17, 15) is 14.4 Å². The van der Waals surface area contributed by atoms with E-state index in [0.717, 1.165) is 64.4 Å². The maximum Gasteiger partial charge on any atom is 0.407 e. The van der Waals surface area contributed by atoms with Crippen molar-refractivity contribution in [2.45, 2.75) is 84.3 Å². The van der Waals surface area contributed by atoms with Crippen molar-refractivity contribution in [3.63, 3.8) is 0 Å². The highest BCUT2D eigenvalue weighted by Crippen LogP contribution is 2.48. The van der Waals surface area contributed by atoms with Crippen molar-refractivity contribution in [1.29, 1.82) is 0 Å². The number of hydrogen-bond donors (Lipinski definition) is 4. The van der Waals surface area contributed by atoms with E-state index in [-0.39, 0.29) is 35.7 Å². The molecule has 2 aromatic heterocycles. The van der Waals surface area contributed by atoms with Crippen LogP contribution < -0.4 is 16.0 Å². The van der Waals surface area contributed by atoms with Crippen LogP contribution in [0.15, 0.2) is 96.8 Å². The normalized spacial score (nSPS) is 20.9. The molecule has 12 heteroatoms. The Balaban J connectivity index is 0.000000244. The minimum atomic E-state index is -0.643. The number of fused-ring (bicyclic) bond motifs is 2. The van der Waals surface area contributed by atoms with Crippen molar-refractivity contribution in [3.05, 3.63) is 103 Å². The molecule has 2 aliphatic carbocycles. The van der Waals surface area contributed by atoms with Gasteiger partial charge in [-0.2, -0.15) is 0 Å². The third-order valence-electron chi connectivity index (χ3n) is 12.0. The Labute approximate surface area is 348 Å². The van der Waals surface area contributed by atoms with Crippen LogP contribution in [-0.2, 0) is 14.3 Å². The summed E-state index contributed by atoms with van der Waals surface area (Å²) in [5.41, 5.74) is 7.32. The molecule has 3 aliphatic rings. The van der Waals surface area contributed by atoms with Gasteiger partial charge in [-0.15, -0.1) is 0 Å². The largest absolute Gasteiger partial charge is 0.453 e. The molecule has 1 aliphatic heterocycles. The Morgan fingerprint density at radius 2 is 1.61 bits per heavy atom. The second kappa shape index (κ2) is 20.3. The molecule has 1 saturated heterocycles. The summed E-state index contributed by atoms with van der Waals surface area (Å²) in [4.78, 5) is 55.3. The molecule has 6 unspecified atom stereocenters. The number of nitrogens with zero attached hydrogens (tertiary/aromatic N) is 4. The number of methoxy groups -OCH3 is 1. The van der Waals surface area contributed by atoms with E-state index >= 15 is 0 Å². The molecule has 4 aromatic rings. The number of carbonyl (C=O) groups is 3. The first-order valence-electron chi connectivity index (χ1n) is 21.0. The minimum absolute atomic E-state index is 0.0669. The number of likely N-dealkylation sites (tertiary alicyclic amines) is 1. The topological polar surface area (TPSA) is 154 Å². The van der Waals surface area contributed by atoms with Gasteiger partial charge in [0.25, 0.3) is 0 Å². The van der Waals surface area contributed by atoms with Crippen molar-refractivity contribution in [3.8, 4) is 22.4 Å². The van der Waals surface area contributed by atoms with E-state index in [2.05, 4.69) is 104 Å². The molecule has 6 atom stereocenters. The summed E-state index contributed by atoms with van der Waals surface area (Å²) in [6, 6.07) is 20.0. The molecular formula is C47H60N8O4. The van der Waals surface area contributed by atoms with Gasteiger partial charge in [0.2, 0.25) is 11.8 Å². The molecule has 3 heterocycles.